The summed E-state index contributed by atoms with van der Waals surface area (Å²) in [4.78, 5) is 9.67. The first kappa shape index (κ1) is 10.8. The molecule has 88 valence electrons. The molecule has 3 aromatic rings. The van der Waals surface area contributed by atoms with Gasteiger partial charge in [0, 0.05) is 25.0 Å². The van der Waals surface area contributed by atoms with Crippen LogP contribution in [0.3, 0.4) is 0 Å². The minimum atomic E-state index is 0.799. The van der Waals surface area contributed by atoms with Crippen molar-refractivity contribution in [3.05, 3.63) is 35.6 Å². The standard InChI is InChI=1S/C13H10N4S/c1-3-9-4-7-18-12(9)11-13(14-2)17-6-5-15-8-10(17)16-11/h1,4-8,14H,2H3. The number of hydrogen-bond acceptors (Lipinski definition) is 4. The number of imidazole rings is 1. The molecule has 0 unspecified atom stereocenters. The van der Waals surface area contributed by atoms with Gasteiger partial charge in [0.25, 0.3) is 0 Å². The molecule has 0 bridgehead atoms. The van der Waals surface area contributed by atoms with E-state index in [0.29, 0.717) is 0 Å². The Morgan fingerprint density at radius 1 is 1.50 bits per heavy atom. The molecule has 0 amide bonds. The van der Waals surface area contributed by atoms with Crippen molar-refractivity contribution in [1.82, 2.24) is 14.4 Å². The van der Waals surface area contributed by atoms with Gasteiger partial charge in [0.15, 0.2) is 5.65 Å². The smallest absolute Gasteiger partial charge is 0.157 e. The Bertz CT molecular complexity index is 748. The molecule has 0 saturated carbocycles. The van der Waals surface area contributed by atoms with E-state index in [2.05, 4.69) is 21.2 Å². The van der Waals surface area contributed by atoms with Gasteiger partial charge in [0.2, 0.25) is 0 Å². The van der Waals surface area contributed by atoms with E-state index >= 15 is 0 Å². The molecule has 0 spiro atoms. The first-order valence-corrected chi connectivity index (χ1v) is 6.27. The van der Waals surface area contributed by atoms with Crippen molar-refractivity contribution in [2.24, 2.45) is 0 Å². The number of aromatic nitrogens is 3. The summed E-state index contributed by atoms with van der Waals surface area (Å²) in [5.74, 6) is 3.61. The van der Waals surface area contributed by atoms with Gasteiger partial charge in [-0.3, -0.25) is 9.38 Å². The van der Waals surface area contributed by atoms with E-state index in [1.807, 2.05) is 29.1 Å². The normalized spacial score (nSPS) is 10.4. The van der Waals surface area contributed by atoms with Gasteiger partial charge < -0.3 is 5.32 Å². The number of fused-ring (bicyclic) bond motifs is 1. The quantitative estimate of drug-likeness (QED) is 0.714. The van der Waals surface area contributed by atoms with Crippen molar-refractivity contribution in [2.75, 3.05) is 12.4 Å². The molecule has 0 aliphatic carbocycles. The van der Waals surface area contributed by atoms with Crippen LogP contribution >= 0.6 is 11.3 Å². The second kappa shape index (κ2) is 4.17. The van der Waals surface area contributed by atoms with E-state index in [-0.39, 0.29) is 0 Å². The molecule has 1 N–H and O–H groups in total. The summed E-state index contributed by atoms with van der Waals surface area (Å²) in [6.07, 6.45) is 10.8. The maximum absolute atomic E-state index is 5.51. The maximum Gasteiger partial charge on any atom is 0.157 e. The van der Waals surface area contributed by atoms with Crippen molar-refractivity contribution in [3.63, 3.8) is 0 Å². The zero-order valence-corrected chi connectivity index (χ0v) is 10.5. The molecule has 18 heavy (non-hydrogen) atoms. The number of anilines is 1. The Labute approximate surface area is 108 Å². The van der Waals surface area contributed by atoms with Crippen LogP contribution in [0.5, 0.6) is 0 Å². The number of rotatable bonds is 2. The highest BCUT2D eigenvalue weighted by Gasteiger charge is 2.16. The maximum atomic E-state index is 5.51. The summed E-state index contributed by atoms with van der Waals surface area (Å²) >= 11 is 1.59. The van der Waals surface area contributed by atoms with Crippen LogP contribution in [0.1, 0.15) is 5.56 Å². The van der Waals surface area contributed by atoms with Crippen LogP contribution in [0.25, 0.3) is 16.2 Å². The second-order valence-corrected chi connectivity index (χ2v) is 4.59. The average molecular weight is 254 g/mol. The Balaban J connectivity index is 2.33. The molecule has 3 rings (SSSR count). The van der Waals surface area contributed by atoms with Gasteiger partial charge >= 0.3 is 0 Å². The van der Waals surface area contributed by atoms with Gasteiger partial charge in [-0.15, -0.1) is 17.8 Å². The van der Waals surface area contributed by atoms with Crippen LogP contribution in [-0.4, -0.2) is 21.4 Å². The first-order chi connectivity index (χ1) is 8.85. The highest BCUT2D eigenvalue weighted by molar-refractivity contribution is 7.13. The van der Waals surface area contributed by atoms with Crippen LogP contribution in [0.4, 0.5) is 5.82 Å². The number of terminal acetylenes is 1. The van der Waals surface area contributed by atoms with Gasteiger partial charge in [0.05, 0.1) is 11.1 Å². The topological polar surface area (TPSA) is 42.2 Å². The predicted molar refractivity (Wildman–Crippen MR) is 73.8 cm³/mol. The summed E-state index contributed by atoms with van der Waals surface area (Å²) < 4.78 is 1.96. The third-order valence-corrected chi connectivity index (χ3v) is 3.62. The lowest BCUT2D eigenvalue weighted by Crippen LogP contribution is -1.95. The summed E-state index contributed by atoms with van der Waals surface area (Å²) in [6.45, 7) is 0. The molecule has 0 radical (unpaired) electrons. The van der Waals surface area contributed by atoms with Crippen LogP contribution in [0.15, 0.2) is 30.0 Å². The Kier molecular flexibility index (Phi) is 2.50. The van der Waals surface area contributed by atoms with E-state index < -0.39 is 0 Å². The molecule has 3 aromatic heterocycles. The Hall–Kier alpha value is -2.32. The molecule has 0 aliphatic heterocycles. The number of nitrogens with zero attached hydrogens (tertiary/aromatic N) is 3. The lowest BCUT2D eigenvalue weighted by atomic mass is 10.2. The molecule has 3 heterocycles. The Morgan fingerprint density at radius 2 is 2.39 bits per heavy atom. The molecule has 0 aliphatic rings. The fourth-order valence-electron chi connectivity index (χ4n) is 1.91. The molecule has 0 aromatic carbocycles. The lowest BCUT2D eigenvalue weighted by molar-refractivity contribution is 1.12. The van der Waals surface area contributed by atoms with E-state index in [0.717, 1.165) is 27.6 Å². The monoisotopic (exact) mass is 254 g/mol. The minimum Gasteiger partial charge on any atom is -0.372 e. The molecule has 4 nitrogen and oxygen atoms in total. The van der Waals surface area contributed by atoms with Crippen molar-refractivity contribution in [2.45, 2.75) is 0 Å². The number of hydrogen-bond donors (Lipinski definition) is 1. The zero-order chi connectivity index (χ0) is 12.5. The fourth-order valence-corrected chi connectivity index (χ4v) is 2.76. The molecule has 0 fully saturated rings. The van der Waals surface area contributed by atoms with Crippen LogP contribution in [-0.2, 0) is 0 Å². The van der Waals surface area contributed by atoms with E-state index in [4.69, 9.17) is 6.42 Å². The number of thiophene rings is 1. The van der Waals surface area contributed by atoms with Gasteiger partial charge in [-0.05, 0) is 11.4 Å². The van der Waals surface area contributed by atoms with Crippen molar-refractivity contribution < 1.29 is 0 Å². The van der Waals surface area contributed by atoms with Crippen molar-refractivity contribution >= 4 is 22.8 Å². The summed E-state index contributed by atoms with van der Waals surface area (Å²) in [5.41, 5.74) is 2.54. The number of nitrogens with one attached hydrogen (secondary N) is 1. The highest BCUT2D eigenvalue weighted by Crippen LogP contribution is 2.34. The van der Waals surface area contributed by atoms with Crippen LogP contribution in [0.2, 0.25) is 0 Å². The molecule has 0 atom stereocenters. The predicted octanol–water partition coefficient (Wildman–Crippen LogP) is 2.48. The zero-order valence-electron chi connectivity index (χ0n) is 9.71. The SMILES string of the molecule is C#Cc1ccsc1-c1nc2cnccn2c1NC. The van der Waals surface area contributed by atoms with Crippen molar-refractivity contribution in [1.29, 1.82) is 0 Å². The van der Waals surface area contributed by atoms with Gasteiger partial charge in [-0.1, -0.05) is 5.92 Å². The highest BCUT2D eigenvalue weighted by atomic mass is 32.1. The van der Waals surface area contributed by atoms with Crippen molar-refractivity contribution in [3.8, 4) is 22.9 Å². The second-order valence-electron chi connectivity index (χ2n) is 3.67. The van der Waals surface area contributed by atoms with Gasteiger partial charge in [0.1, 0.15) is 11.5 Å². The fraction of sp³-hybridized carbons (Fsp3) is 0.0769. The molecular weight excluding hydrogens is 244 g/mol. The average Bonchev–Trinajstić information content (AvgIpc) is 3.01. The summed E-state index contributed by atoms with van der Waals surface area (Å²) in [5, 5.41) is 5.15. The van der Waals surface area contributed by atoms with Crippen LogP contribution < -0.4 is 5.32 Å². The first-order valence-electron chi connectivity index (χ1n) is 5.39. The molecule has 0 saturated heterocycles. The minimum absolute atomic E-state index is 0.799. The van der Waals surface area contributed by atoms with Crippen LogP contribution in [0, 0.1) is 12.3 Å². The van der Waals surface area contributed by atoms with E-state index in [9.17, 15) is 0 Å². The third-order valence-electron chi connectivity index (χ3n) is 2.70. The summed E-state index contributed by atoms with van der Waals surface area (Å²) in [7, 11) is 1.87. The summed E-state index contributed by atoms with van der Waals surface area (Å²) in [6, 6.07) is 1.93. The van der Waals surface area contributed by atoms with Gasteiger partial charge in [-0.2, -0.15) is 0 Å². The third kappa shape index (κ3) is 1.47. The molecule has 5 heteroatoms. The lowest BCUT2D eigenvalue weighted by Gasteiger charge is -2.02. The largest absolute Gasteiger partial charge is 0.372 e. The van der Waals surface area contributed by atoms with E-state index in [1.165, 1.54) is 0 Å². The van der Waals surface area contributed by atoms with Gasteiger partial charge in [-0.25, -0.2) is 4.98 Å². The van der Waals surface area contributed by atoms with E-state index in [1.54, 1.807) is 23.7 Å². The molecular formula is C13H10N4S. The Morgan fingerprint density at radius 3 is 3.17 bits per heavy atom.